The lowest BCUT2D eigenvalue weighted by molar-refractivity contribution is -0.137. The van der Waals surface area contributed by atoms with Crippen LogP contribution in [0.5, 0.6) is 0 Å². The highest BCUT2D eigenvalue weighted by Crippen LogP contribution is 2.32. The van der Waals surface area contributed by atoms with Gasteiger partial charge in [-0.1, -0.05) is 55.5 Å². The Morgan fingerprint density at radius 2 is 1.64 bits per heavy atom. The first-order chi connectivity index (χ1) is 19.9. The molecule has 1 unspecified atom stereocenters. The summed E-state index contributed by atoms with van der Waals surface area (Å²) in [5.74, 6) is -0.369. The number of sulfonamides is 1. The van der Waals surface area contributed by atoms with Crippen molar-refractivity contribution in [2.24, 2.45) is 5.92 Å². The number of rotatable bonds is 14. The smallest absolute Gasteiger partial charge is 0.326 e. The number of aliphatic hydroxyl groups excluding tert-OH is 1. The lowest BCUT2D eigenvalue weighted by Gasteiger charge is -2.31. The Bertz CT molecular complexity index is 1450. The van der Waals surface area contributed by atoms with Crippen molar-refractivity contribution in [1.29, 1.82) is 0 Å². The molecule has 0 bridgehead atoms. The van der Waals surface area contributed by atoms with E-state index in [9.17, 15) is 23.4 Å². The van der Waals surface area contributed by atoms with E-state index in [1.807, 2.05) is 18.2 Å². The van der Waals surface area contributed by atoms with Crippen molar-refractivity contribution in [1.82, 2.24) is 9.62 Å². The normalized spacial score (nSPS) is 15.4. The SMILES string of the molecule is CC[C@@H](Nc1ccc(-c2cccc(S(=O)(=O)N(C)CC(O)CNC(C)(C)CC3Cc4ccccc4C3)c2)cc1)C(=O)O. The molecule has 0 saturated carbocycles. The Morgan fingerprint density at radius 3 is 2.24 bits per heavy atom. The number of carbonyl (C=O) groups is 1. The minimum atomic E-state index is -3.84. The molecule has 0 radical (unpaired) electrons. The maximum absolute atomic E-state index is 13.4. The molecule has 42 heavy (non-hydrogen) atoms. The number of aliphatic hydroxyl groups is 1. The van der Waals surface area contributed by atoms with Crippen molar-refractivity contribution in [3.8, 4) is 11.1 Å². The molecule has 3 aromatic carbocycles. The van der Waals surface area contributed by atoms with Gasteiger partial charge in [-0.15, -0.1) is 0 Å². The topological polar surface area (TPSA) is 119 Å². The second-order valence-electron chi connectivity index (χ2n) is 12.0. The van der Waals surface area contributed by atoms with Crippen LogP contribution in [0.4, 0.5) is 5.69 Å². The molecule has 3 aromatic rings. The predicted molar refractivity (Wildman–Crippen MR) is 167 cm³/mol. The second kappa shape index (κ2) is 13.4. The zero-order chi connectivity index (χ0) is 30.5. The van der Waals surface area contributed by atoms with Crippen molar-refractivity contribution >= 4 is 21.7 Å². The van der Waals surface area contributed by atoms with E-state index in [1.165, 1.54) is 22.5 Å². The lowest BCUT2D eigenvalue weighted by atomic mass is 9.88. The van der Waals surface area contributed by atoms with Crippen LogP contribution in [0.15, 0.2) is 77.7 Å². The Kier molecular flexibility index (Phi) is 10.1. The van der Waals surface area contributed by atoms with Gasteiger partial charge in [0.2, 0.25) is 10.0 Å². The van der Waals surface area contributed by atoms with Crippen LogP contribution in [-0.4, -0.2) is 66.7 Å². The van der Waals surface area contributed by atoms with E-state index in [4.69, 9.17) is 0 Å². The standard InChI is InChI=1S/C33H43N3O5S/c1-5-31(32(38)39)35-28-15-13-24(14-16-28)27-11-8-12-30(19-27)42(40,41)36(4)22-29(37)21-34-33(2,3)20-23-17-25-9-6-7-10-26(25)18-23/h6-16,19,23,29,31,34-35,37H,5,17-18,20-22H2,1-4H3,(H,38,39)/t29?,31-/m1/s1. The first-order valence-electron chi connectivity index (χ1n) is 14.5. The zero-order valence-electron chi connectivity index (χ0n) is 24.9. The van der Waals surface area contributed by atoms with Gasteiger partial charge in [-0.3, -0.25) is 0 Å². The number of fused-ring (bicyclic) bond motifs is 1. The Hall–Kier alpha value is -3.24. The molecular formula is C33H43N3O5S. The van der Waals surface area contributed by atoms with Crippen LogP contribution >= 0.6 is 0 Å². The van der Waals surface area contributed by atoms with Gasteiger partial charge in [0.15, 0.2) is 0 Å². The molecule has 0 spiro atoms. The summed E-state index contributed by atoms with van der Waals surface area (Å²) in [5.41, 5.74) is 4.85. The number of β-amino-alcohol motifs (C(OH)–C–C–N with tert-alkyl or cyclic N) is 1. The van der Waals surface area contributed by atoms with E-state index in [-0.39, 0.29) is 23.5 Å². The highest BCUT2D eigenvalue weighted by molar-refractivity contribution is 7.89. The summed E-state index contributed by atoms with van der Waals surface area (Å²) < 4.78 is 28.0. The molecule has 9 heteroatoms. The first-order valence-corrected chi connectivity index (χ1v) is 16.0. The number of carboxylic acids is 1. The summed E-state index contributed by atoms with van der Waals surface area (Å²) in [6, 6.07) is 21.8. The first kappa shape index (κ1) is 31.7. The number of hydrogen-bond donors (Lipinski definition) is 4. The monoisotopic (exact) mass is 593 g/mol. The summed E-state index contributed by atoms with van der Waals surface area (Å²) in [6.45, 7) is 6.31. The molecule has 4 rings (SSSR count). The molecular weight excluding hydrogens is 550 g/mol. The maximum atomic E-state index is 13.4. The Morgan fingerprint density at radius 1 is 1.00 bits per heavy atom. The molecule has 1 aliphatic carbocycles. The van der Waals surface area contributed by atoms with E-state index < -0.39 is 28.1 Å². The van der Waals surface area contributed by atoms with E-state index >= 15 is 0 Å². The minimum Gasteiger partial charge on any atom is -0.480 e. The number of nitrogens with one attached hydrogen (secondary N) is 2. The van der Waals surface area contributed by atoms with Gasteiger partial charge in [-0.2, -0.15) is 4.31 Å². The fraction of sp³-hybridized carbons (Fsp3) is 0.424. The van der Waals surface area contributed by atoms with Gasteiger partial charge >= 0.3 is 5.97 Å². The number of likely N-dealkylation sites (N-methyl/N-ethyl adjacent to an activating group) is 1. The van der Waals surface area contributed by atoms with Crippen LogP contribution in [0.2, 0.25) is 0 Å². The fourth-order valence-corrected chi connectivity index (χ4v) is 7.01. The third-order valence-corrected chi connectivity index (χ3v) is 9.85. The van der Waals surface area contributed by atoms with Crippen LogP contribution in [0.1, 0.15) is 44.7 Å². The van der Waals surface area contributed by atoms with Gasteiger partial charge in [0.25, 0.3) is 0 Å². The van der Waals surface area contributed by atoms with Crippen molar-refractivity contribution in [2.75, 3.05) is 25.5 Å². The van der Waals surface area contributed by atoms with E-state index in [1.54, 1.807) is 37.3 Å². The van der Waals surface area contributed by atoms with Gasteiger partial charge in [0.05, 0.1) is 11.0 Å². The molecule has 4 N–H and O–H groups in total. The van der Waals surface area contributed by atoms with Crippen LogP contribution in [0, 0.1) is 5.92 Å². The van der Waals surface area contributed by atoms with Gasteiger partial charge in [-0.25, -0.2) is 13.2 Å². The minimum absolute atomic E-state index is 0.0347. The van der Waals surface area contributed by atoms with Crippen LogP contribution < -0.4 is 10.6 Å². The van der Waals surface area contributed by atoms with Crippen molar-refractivity contribution in [3.63, 3.8) is 0 Å². The highest BCUT2D eigenvalue weighted by Gasteiger charge is 2.29. The lowest BCUT2D eigenvalue weighted by Crippen LogP contribution is -2.47. The average Bonchev–Trinajstić information content (AvgIpc) is 3.36. The van der Waals surface area contributed by atoms with Crippen molar-refractivity contribution < 1.29 is 23.4 Å². The summed E-state index contributed by atoms with van der Waals surface area (Å²) in [4.78, 5) is 11.5. The summed E-state index contributed by atoms with van der Waals surface area (Å²) in [7, 11) is -2.35. The number of nitrogens with zero attached hydrogens (tertiary/aromatic N) is 1. The number of carboxylic acid groups (broad SMARTS) is 1. The molecule has 2 atom stereocenters. The largest absolute Gasteiger partial charge is 0.480 e. The number of aliphatic carboxylic acids is 1. The van der Waals surface area contributed by atoms with E-state index in [0.717, 1.165) is 30.4 Å². The molecule has 8 nitrogen and oxygen atoms in total. The molecule has 0 saturated heterocycles. The van der Waals surface area contributed by atoms with Crippen LogP contribution in [0.3, 0.4) is 0 Å². The summed E-state index contributed by atoms with van der Waals surface area (Å²) >= 11 is 0. The van der Waals surface area contributed by atoms with Gasteiger partial charge < -0.3 is 20.8 Å². The number of hydrogen-bond acceptors (Lipinski definition) is 6. The van der Waals surface area contributed by atoms with Gasteiger partial charge in [0.1, 0.15) is 6.04 Å². The number of benzene rings is 3. The van der Waals surface area contributed by atoms with Crippen molar-refractivity contribution in [3.05, 3.63) is 83.9 Å². The zero-order valence-corrected chi connectivity index (χ0v) is 25.7. The molecule has 0 amide bonds. The van der Waals surface area contributed by atoms with E-state index in [0.29, 0.717) is 18.0 Å². The Labute approximate surface area is 249 Å². The second-order valence-corrected chi connectivity index (χ2v) is 14.0. The third-order valence-electron chi connectivity index (χ3n) is 8.03. The molecule has 0 heterocycles. The number of anilines is 1. The van der Waals surface area contributed by atoms with Crippen LogP contribution in [-0.2, 0) is 27.7 Å². The van der Waals surface area contributed by atoms with Gasteiger partial charge in [0, 0.05) is 31.4 Å². The third kappa shape index (κ3) is 7.98. The maximum Gasteiger partial charge on any atom is 0.326 e. The summed E-state index contributed by atoms with van der Waals surface area (Å²) in [6.07, 6.45) is 2.67. The summed E-state index contributed by atoms with van der Waals surface area (Å²) in [5, 5.41) is 26.5. The Balaban J connectivity index is 1.33. The fourth-order valence-electron chi connectivity index (χ4n) is 5.76. The average molecular weight is 594 g/mol. The van der Waals surface area contributed by atoms with Crippen LogP contribution in [0.25, 0.3) is 11.1 Å². The molecule has 0 fully saturated rings. The molecule has 0 aromatic heterocycles. The predicted octanol–water partition coefficient (Wildman–Crippen LogP) is 4.78. The van der Waals surface area contributed by atoms with E-state index in [2.05, 4.69) is 48.7 Å². The highest BCUT2D eigenvalue weighted by atomic mass is 32.2. The van der Waals surface area contributed by atoms with Gasteiger partial charge in [-0.05, 0) is 92.0 Å². The quantitative estimate of drug-likeness (QED) is 0.212. The molecule has 1 aliphatic rings. The molecule has 226 valence electrons. The van der Waals surface area contributed by atoms with Crippen molar-refractivity contribution in [2.45, 2.75) is 69.0 Å². The molecule has 0 aliphatic heterocycles.